The average molecular weight is 435 g/mol. The number of rotatable bonds is 5. The Balaban J connectivity index is 1.79. The quantitative estimate of drug-likeness (QED) is 0.754. The maximum absolute atomic E-state index is 13.1. The van der Waals surface area contributed by atoms with Crippen molar-refractivity contribution in [1.29, 1.82) is 0 Å². The third-order valence-corrected chi connectivity index (χ3v) is 4.60. The summed E-state index contributed by atoms with van der Waals surface area (Å²) in [6.07, 6.45) is -4.82. The molecular weight excluding hydrogens is 415 g/mol. The summed E-state index contributed by atoms with van der Waals surface area (Å²) in [4.78, 5) is 39.4. The summed E-state index contributed by atoms with van der Waals surface area (Å²) in [5, 5.41) is 5.23. The molecule has 1 atom stereocenters. The number of nitrogens with zero attached hydrogens (tertiary/aromatic N) is 1. The number of hydrogen-bond acceptors (Lipinski definition) is 4. The van der Waals surface area contributed by atoms with Crippen LogP contribution in [0.1, 0.15) is 24.2 Å². The van der Waals surface area contributed by atoms with Gasteiger partial charge >= 0.3 is 6.36 Å². The molecular formula is C21H20F3N3O4. The third-order valence-electron chi connectivity index (χ3n) is 4.60. The van der Waals surface area contributed by atoms with Gasteiger partial charge in [0.05, 0.1) is 11.3 Å². The Bertz CT molecular complexity index is 990. The lowest BCUT2D eigenvalue weighted by atomic mass is 10.0. The standard InChI is InChI=1S/C21H20F3N3O4/c1-12(2)18-20(30)27(16-6-4-3-5-15(16)19(29)26-18)11-17(28)25-13-7-9-14(10-8-13)31-21(22,23)24/h3-10,12,18H,11H2,1-2H3,(H,25,28)(H,26,29)/t18-/m1/s1. The molecule has 0 fully saturated rings. The molecule has 31 heavy (non-hydrogen) atoms. The summed E-state index contributed by atoms with van der Waals surface area (Å²) >= 11 is 0. The summed E-state index contributed by atoms with van der Waals surface area (Å²) in [6.45, 7) is 3.18. The minimum absolute atomic E-state index is 0.211. The molecule has 0 unspecified atom stereocenters. The average Bonchev–Trinajstić information content (AvgIpc) is 2.79. The summed E-state index contributed by atoms with van der Waals surface area (Å²) in [7, 11) is 0. The molecule has 7 nitrogen and oxygen atoms in total. The normalized spacial score (nSPS) is 16.5. The molecule has 2 aromatic carbocycles. The molecule has 2 aromatic rings. The highest BCUT2D eigenvalue weighted by Gasteiger charge is 2.36. The van der Waals surface area contributed by atoms with Crippen molar-refractivity contribution in [2.24, 2.45) is 5.92 Å². The van der Waals surface area contributed by atoms with Gasteiger partial charge in [-0.1, -0.05) is 26.0 Å². The molecule has 0 bridgehead atoms. The van der Waals surface area contributed by atoms with Gasteiger partial charge in [0.2, 0.25) is 11.8 Å². The number of nitrogens with one attached hydrogen (secondary N) is 2. The van der Waals surface area contributed by atoms with E-state index in [1.54, 1.807) is 38.1 Å². The van der Waals surface area contributed by atoms with Crippen molar-refractivity contribution < 1.29 is 32.3 Å². The van der Waals surface area contributed by atoms with Crippen LogP contribution in [-0.2, 0) is 9.59 Å². The van der Waals surface area contributed by atoms with E-state index in [-0.39, 0.29) is 23.7 Å². The van der Waals surface area contributed by atoms with Gasteiger partial charge in [-0.05, 0) is 42.3 Å². The lowest BCUT2D eigenvalue weighted by Gasteiger charge is -2.26. The lowest BCUT2D eigenvalue weighted by molar-refractivity contribution is -0.274. The minimum Gasteiger partial charge on any atom is -0.406 e. The van der Waals surface area contributed by atoms with Crippen molar-refractivity contribution in [3.8, 4) is 5.75 Å². The number of ether oxygens (including phenoxy) is 1. The molecule has 164 valence electrons. The Morgan fingerprint density at radius 1 is 1.13 bits per heavy atom. The molecule has 2 N–H and O–H groups in total. The highest BCUT2D eigenvalue weighted by atomic mass is 19.4. The van der Waals surface area contributed by atoms with E-state index in [4.69, 9.17) is 0 Å². The molecule has 3 amide bonds. The fourth-order valence-electron chi connectivity index (χ4n) is 3.17. The van der Waals surface area contributed by atoms with Crippen molar-refractivity contribution in [2.45, 2.75) is 26.3 Å². The zero-order valence-electron chi connectivity index (χ0n) is 16.7. The van der Waals surface area contributed by atoms with Gasteiger partial charge in [0.25, 0.3) is 5.91 Å². The highest BCUT2D eigenvalue weighted by molar-refractivity contribution is 6.13. The second kappa shape index (κ2) is 8.66. The molecule has 0 saturated carbocycles. The van der Waals surface area contributed by atoms with Crippen LogP contribution in [0, 0.1) is 5.92 Å². The third kappa shape index (κ3) is 5.33. The van der Waals surface area contributed by atoms with Gasteiger partial charge in [0.15, 0.2) is 0 Å². The second-order valence-corrected chi connectivity index (χ2v) is 7.26. The van der Waals surface area contributed by atoms with E-state index in [0.717, 1.165) is 12.1 Å². The first-order valence-electron chi connectivity index (χ1n) is 9.42. The van der Waals surface area contributed by atoms with Crippen LogP contribution < -0.4 is 20.3 Å². The number of benzene rings is 2. The van der Waals surface area contributed by atoms with Crippen LogP contribution in [0.3, 0.4) is 0 Å². The highest BCUT2D eigenvalue weighted by Crippen LogP contribution is 2.27. The van der Waals surface area contributed by atoms with Gasteiger partial charge in [0, 0.05) is 5.69 Å². The lowest BCUT2D eigenvalue weighted by Crippen LogP contribution is -2.50. The fraction of sp³-hybridized carbons (Fsp3) is 0.286. The number of para-hydroxylation sites is 1. The number of halogens is 3. The Kier molecular flexibility index (Phi) is 6.19. The number of fused-ring (bicyclic) bond motifs is 1. The Morgan fingerprint density at radius 3 is 2.39 bits per heavy atom. The van der Waals surface area contributed by atoms with Crippen LogP contribution in [0.2, 0.25) is 0 Å². The fourth-order valence-corrected chi connectivity index (χ4v) is 3.17. The smallest absolute Gasteiger partial charge is 0.406 e. The Labute approximate surface area is 176 Å². The van der Waals surface area contributed by atoms with Crippen LogP contribution in [-0.4, -0.2) is 36.7 Å². The number of amides is 3. The molecule has 1 aliphatic heterocycles. The van der Waals surface area contributed by atoms with E-state index < -0.39 is 35.9 Å². The van der Waals surface area contributed by atoms with Crippen molar-refractivity contribution in [1.82, 2.24) is 5.32 Å². The largest absolute Gasteiger partial charge is 0.573 e. The Hall–Kier alpha value is -3.56. The number of alkyl halides is 3. The van der Waals surface area contributed by atoms with Gasteiger partial charge in [0.1, 0.15) is 18.3 Å². The molecule has 1 aliphatic rings. The zero-order valence-corrected chi connectivity index (χ0v) is 16.7. The molecule has 0 radical (unpaired) electrons. The van der Waals surface area contributed by atoms with Crippen LogP contribution in [0.5, 0.6) is 5.75 Å². The van der Waals surface area contributed by atoms with Gasteiger partial charge in [-0.3, -0.25) is 14.4 Å². The monoisotopic (exact) mass is 435 g/mol. The predicted molar refractivity (Wildman–Crippen MR) is 107 cm³/mol. The zero-order chi connectivity index (χ0) is 22.8. The van der Waals surface area contributed by atoms with Gasteiger partial charge in [-0.2, -0.15) is 0 Å². The van der Waals surface area contributed by atoms with Gasteiger partial charge in [-0.15, -0.1) is 13.2 Å². The molecule has 0 aliphatic carbocycles. The maximum atomic E-state index is 13.1. The summed E-state index contributed by atoms with van der Waals surface area (Å²) < 4.78 is 40.6. The minimum atomic E-state index is -4.82. The number of carbonyl (C=O) groups excluding carboxylic acids is 3. The van der Waals surface area contributed by atoms with E-state index >= 15 is 0 Å². The van der Waals surface area contributed by atoms with E-state index in [2.05, 4.69) is 15.4 Å². The van der Waals surface area contributed by atoms with E-state index in [1.165, 1.54) is 17.0 Å². The first-order valence-corrected chi connectivity index (χ1v) is 9.42. The number of hydrogen-bond donors (Lipinski definition) is 2. The van der Waals surface area contributed by atoms with Gasteiger partial charge < -0.3 is 20.3 Å². The topological polar surface area (TPSA) is 87.7 Å². The SMILES string of the molecule is CC(C)[C@H]1NC(=O)c2ccccc2N(CC(=O)Nc2ccc(OC(F)(F)F)cc2)C1=O. The van der Waals surface area contributed by atoms with Crippen LogP contribution in [0.15, 0.2) is 48.5 Å². The van der Waals surface area contributed by atoms with Crippen molar-refractivity contribution >= 4 is 29.1 Å². The molecule has 3 rings (SSSR count). The van der Waals surface area contributed by atoms with Gasteiger partial charge in [-0.25, -0.2) is 0 Å². The molecule has 10 heteroatoms. The maximum Gasteiger partial charge on any atom is 0.573 e. The number of carbonyl (C=O) groups is 3. The molecule has 0 saturated heterocycles. The van der Waals surface area contributed by atoms with Crippen LogP contribution >= 0.6 is 0 Å². The molecule has 0 aromatic heterocycles. The molecule has 1 heterocycles. The van der Waals surface area contributed by atoms with Crippen LogP contribution in [0.25, 0.3) is 0 Å². The van der Waals surface area contributed by atoms with Crippen molar-refractivity contribution in [3.63, 3.8) is 0 Å². The van der Waals surface area contributed by atoms with E-state index in [9.17, 15) is 27.6 Å². The predicted octanol–water partition coefficient (Wildman–Crippen LogP) is 3.32. The van der Waals surface area contributed by atoms with E-state index in [0.29, 0.717) is 5.69 Å². The summed E-state index contributed by atoms with van der Waals surface area (Å²) in [5.74, 6) is -2.06. The summed E-state index contributed by atoms with van der Waals surface area (Å²) in [5.41, 5.74) is 0.794. The van der Waals surface area contributed by atoms with E-state index in [1.807, 2.05) is 0 Å². The van der Waals surface area contributed by atoms with Crippen LogP contribution in [0.4, 0.5) is 24.5 Å². The van der Waals surface area contributed by atoms with Crippen molar-refractivity contribution in [2.75, 3.05) is 16.8 Å². The number of anilines is 2. The van der Waals surface area contributed by atoms with Crippen molar-refractivity contribution in [3.05, 3.63) is 54.1 Å². The first kappa shape index (κ1) is 22.1. The second-order valence-electron chi connectivity index (χ2n) is 7.26. The summed E-state index contributed by atoms with van der Waals surface area (Å²) in [6, 6.07) is 10.3. The first-order chi connectivity index (χ1) is 14.5. The molecule has 0 spiro atoms. The Morgan fingerprint density at radius 2 is 1.77 bits per heavy atom.